The Labute approximate surface area is 214 Å². The number of carbonyl (C=O) groups is 1. The van der Waals surface area contributed by atoms with E-state index in [1.807, 2.05) is 20.8 Å². The molecule has 7 heteroatoms. The number of esters is 1. The molecule has 2 aliphatic heterocycles. The molecule has 2 aromatic carbocycles. The van der Waals surface area contributed by atoms with Gasteiger partial charge in [-0.1, -0.05) is 24.3 Å². The summed E-state index contributed by atoms with van der Waals surface area (Å²) in [6.45, 7) is 14.6. The van der Waals surface area contributed by atoms with Gasteiger partial charge < -0.3 is 23.7 Å². The molecule has 0 radical (unpaired) electrons. The summed E-state index contributed by atoms with van der Waals surface area (Å²) in [4.78, 5) is 15.4. The molecule has 0 aliphatic carbocycles. The topological polar surface area (TPSA) is 66.2 Å². The number of rotatable bonds is 8. The molecule has 0 aromatic heterocycles. The van der Waals surface area contributed by atoms with Crippen LogP contribution in [0, 0.1) is 27.7 Å². The van der Waals surface area contributed by atoms with E-state index >= 15 is 0 Å². The van der Waals surface area contributed by atoms with Gasteiger partial charge in [-0.3, -0.25) is 9.69 Å². The van der Waals surface area contributed by atoms with E-state index in [0.717, 1.165) is 44.9 Å². The Bertz CT molecular complexity index is 1040. The maximum atomic E-state index is 13.2. The largest absolute Gasteiger partial charge is 0.496 e. The van der Waals surface area contributed by atoms with E-state index in [0.29, 0.717) is 13.2 Å². The van der Waals surface area contributed by atoms with E-state index in [1.54, 1.807) is 14.2 Å². The number of benzene rings is 2. The van der Waals surface area contributed by atoms with Crippen molar-refractivity contribution < 1.29 is 28.5 Å². The molecule has 2 fully saturated rings. The predicted molar refractivity (Wildman–Crippen MR) is 138 cm³/mol. The first-order chi connectivity index (χ1) is 17.0. The summed E-state index contributed by atoms with van der Waals surface area (Å²) in [5, 5.41) is 0. The third kappa shape index (κ3) is 4.84. The van der Waals surface area contributed by atoms with Gasteiger partial charge in [0.25, 0.3) is 0 Å². The second-order valence-corrected chi connectivity index (χ2v) is 10.3. The highest BCUT2D eigenvalue weighted by Gasteiger charge is 2.63. The summed E-state index contributed by atoms with van der Waals surface area (Å²) in [7, 11) is 3.39. The number of aryl methyl sites for hydroxylation is 4. The molecule has 196 valence electrons. The van der Waals surface area contributed by atoms with E-state index in [4.69, 9.17) is 23.7 Å². The third-order valence-electron chi connectivity index (χ3n) is 7.14. The fraction of sp³-hybridized carbons (Fsp3) is 0.552. The zero-order chi connectivity index (χ0) is 26.4. The van der Waals surface area contributed by atoms with Gasteiger partial charge in [0, 0.05) is 0 Å². The highest BCUT2D eigenvalue weighted by atomic mass is 16.7. The minimum absolute atomic E-state index is 0.166. The number of nitrogens with zero attached hydrogens (tertiary/aromatic N) is 1. The Morgan fingerprint density at radius 2 is 1.44 bits per heavy atom. The third-order valence-corrected chi connectivity index (χ3v) is 7.14. The van der Waals surface area contributed by atoms with Gasteiger partial charge in [-0.05, 0) is 81.8 Å². The molecule has 2 aliphatic rings. The molecule has 0 saturated carbocycles. The Balaban J connectivity index is 1.85. The molecule has 4 rings (SSSR count). The molecular formula is C29H39NO6. The Morgan fingerprint density at radius 1 is 0.972 bits per heavy atom. The molecular weight excluding hydrogens is 458 g/mol. The molecule has 36 heavy (non-hydrogen) atoms. The molecule has 2 saturated heterocycles. The van der Waals surface area contributed by atoms with Gasteiger partial charge in [0.05, 0.1) is 39.5 Å². The summed E-state index contributed by atoms with van der Waals surface area (Å²) in [6.07, 6.45) is -0.238. The minimum Gasteiger partial charge on any atom is -0.496 e. The lowest BCUT2D eigenvalue weighted by Crippen LogP contribution is -2.28. The quantitative estimate of drug-likeness (QED) is 0.384. The molecule has 4 atom stereocenters. The molecule has 0 N–H and O–H groups in total. The van der Waals surface area contributed by atoms with Crippen molar-refractivity contribution in [2.75, 3.05) is 27.4 Å². The standard InChI is InChI=1S/C29H39NO6/c1-10-34-28(31)25-24(22-15-35-29(6,7)36-22)30(25)23(20-11-16(2)26(32-8)17(3)12-20)21-13-18(4)27(33-9)19(5)14-21/h11-14,22-25H,10,15H2,1-9H3/t22-,24-,25-,30?/m1/s1. The van der Waals surface area contributed by atoms with Gasteiger partial charge >= 0.3 is 5.97 Å². The fourth-order valence-electron chi connectivity index (χ4n) is 5.83. The van der Waals surface area contributed by atoms with Gasteiger partial charge in [-0.25, -0.2) is 0 Å². The summed E-state index contributed by atoms with van der Waals surface area (Å²) < 4.78 is 28.9. The van der Waals surface area contributed by atoms with Crippen LogP contribution in [0.5, 0.6) is 11.5 Å². The van der Waals surface area contributed by atoms with Crippen LogP contribution in [0.2, 0.25) is 0 Å². The Hall–Kier alpha value is -2.61. The first-order valence-corrected chi connectivity index (χ1v) is 12.6. The van der Waals surface area contributed by atoms with E-state index in [9.17, 15) is 4.79 Å². The van der Waals surface area contributed by atoms with Crippen LogP contribution < -0.4 is 9.47 Å². The molecule has 2 heterocycles. The van der Waals surface area contributed by atoms with Crippen molar-refractivity contribution >= 4 is 5.97 Å². The van der Waals surface area contributed by atoms with Crippen molar-refractivity contribution in [1.82, 2.24) is 4.90 Å². The average molecular weight is 498 g/mol. The van der Waals surface area contributed by atoms with Crippen molar-refractivity contribution in [3.05, 3.63) is 57.6 Å². The number of hydrogen-bond donors (Lipinski definition) is 0. The summed E-state index contributed by atoms with van der Waals surface area (Å²) in [5.41, 5.74) is 6.37. The lowest BCUT2D eigenvalue weighted by Gasteiger charge is -2.25. The highest BCUT2D eigenvalue weighted by molar-refractivity contribution is 5.81. The number of carbonyl (C=O) groups excluding carboxylic acids is 1. The van der Waals surface area contributed by atoms with Crippen LogP contribution >= 0.6 is 0 Å². The zero-order valence-electron chi connectivity index (χ0n) is 22.9. The van der Waals surface area contributed by atoms with Crippen LogP contribution in [0.1, 0.15) is 60.2 Å². The van der Waals surface area contributed by atoms with Crippen LogP contribution in [0.15, 0.2) is 24.3 Å². The summed E-state index contributed by atoms with van der Waals surface area (Å²) in [6, 6.07) is 7.82. The molecule has 0 amide bonds. The van der Waals surface area contributed by atoms with Crippen molar-refractivity contribution in [3.63, 3.8) is 0 Å². The molecule has 7 nitrogen and oxygen atoms in total. The van der Waals surface area contributed by atoms with Gasteiger partial charge in [0.15, 0.2) is 5.79 Å². The van der Waals surface area contributed by atoms with Crippen molar-refractivity contribution in [2.24, 2.45) is 0 Å². The van der Waals surface area contributed by atoms with Crippen LogP contribution in [-0.4, -0.2) is 62.3 Å². The number of methoxy groups -OCH3 is 2. The second kappa shape index (κ2) is 10.0. The van der Waals surface area contributed by atoms with Crippen molar-refractivity contribution in [1.29, 1.82) is 0 Å². The first kappa shape index (κ1) is 26.5. The summed E-state index contributed by atoms with van der Waals surface area (Å²) in [5.74, 6) is 0.829. The maximum Gasteiger partial charge on any atom is 0.325 e. The van der Waals surface area contributed by atoms with E-state index < -0.39 is 11.8 Å². The molecule has 1 unspecified atom stereocenters. The molecule has 0 spiro atoms. The SMILES string of the molecule is CCOC(=O)[C@H]1[C@@H]([C@H]2COC(C)(C)O2)N1C(c1cc(C)c(OC)c(C)c1)c1cc(C)c(OC)c(C)c1. The molecule has 2 aromatic rings. The van der Waals surface area contributed by atoms with E-state index in [2.05, 4.69) is 56.9 Å². The minimum atomic E-state index is -0.686. The van der Waals surface area contributed by atoms with Gasteiger partial charge in [0.2, 0.25) is 0 Å². The Kier molecular flexibility index (Phi) is 7.37. The van der Waals surface area contributed by atoms with E-state index in [-0.39, 0.29) is 24.2 Å². The van der Waals surface area contributed by atoms with Gasteiger partial charge in [0.1, 0.15) is 23.6 Å². The lowest BCUT2D eigenvalue weighted by atomic mass is 9.92. The average Bonchev–Trinajstić information content (AvgIpc) is 3.40. The fourth-order valence-corrected chi connectivity index (χ4v) is 5.83. The highest BCUT2D eigenvalue weighted by Crippen LogP contribution is 2.49. The maximum absolute atomic E-state index is 13.2. The van der Waals surface area contributed by atoms with Crippen LogP contribution in [0.25, 0.3) is 0 Å². The monoisotopic (exact) mass is 497 g/mol. The van der Waals surface area contributed by atoms with Gasteiger partial charge in [-0.15, -0.1) is 0 Å². The first-order valence-electron chi connectivity index (χ1n) is 12.6. The molecule has 0 bridgehead atoms. The van der Waals surface area contributed by atoms with Crippen LogP contribution in [0.4, 0.5) is 0 Å². The zero-order valence-corrected chi connectivity index (χ0v) is 22.9. The van der Waals surface area contributed by atoms with Crippen LogP contribution in [0.3, 0.4) is 0 Å². The number of ether oxygens (including phenoxy) is 5. The smallest absolute Gasteiger partial charge is 0.325 e. The van der Waals surface area contributed by atoms with Crippen molar-refractivity contribution in [2.45, 2.75) is 78.5 Å². The normalized spacial score (nSPS) is 24.6. The predicted octanol–water partition coefficient (Wildman–Crippen LogP) is 4.79. The van der Waals surface area contributed by atoms with Crippen LogP contribution in [-0.2, 0) is 19.0 Å². The van der Waals surface area contributed by atoms with E-state index in [1.165, 1.54) is 0 Å². The Morgan fingerprint density at radius 3 is 1.81 bits per heavy atom. The second-order valence-electron chi connectivity index (χ2n) is 10.3. The van der Waals surface area contributed by atoms with Gasteiger partial charge in [-0.2, -0.15) is 0 Å². The summed E-state index contributed by atoms with van der Waals surface area (Å²) >= 11 is 0. The van der Waals surface area contributed by atoms with Crippen molar-refractivity contribution in [3.8, 4) is 11.5 Å². The number of hydrogen-bond acceptors (Lipinski definition) is 7. The lowest BCUT2D eigenvalue weighted by molar-refractivity contribution is -0.145.